The summed E-state index contributed by atoms with van der Waals surface area (Å²) in [6.07, 6.45) is 0. The highest BCUT2D eigenvalue weighted by atomic mass is 32.2. The van der Waals surface area contributed by atoms with Crippen molar-refractivity contribution in [3.05, 3.63) is 20.4 Å². The van der Waals surface area contributed by atoms with Crippen LogP contribution in [0.3, 0.4) is 0 Å². The zero-order valence-corrected chi connectivity index (χ0v) is 10.2. The molecule has 0 bridgehead atoms. The Balaban J connectivity index is 3.15. The first kappa shape index (κ1) is 12.3. The van der Waals surface area contributed by atoms with Gasteiger partial charge in [-0.25, -0.2) is 0 Å². The molecule has 84 valence electrons. The number of rotatable bonds is 4. The quantitative estimate of drug-likeness (QED) is 0.548. The molecule has 0 aliphatic carbocycles. The molecule has 0 saturated heterocycles. The zero-order valence-electron chi connectivity index (χ0n) is 9.36. The van der Waals surface area contributed by atoms with Crippen molar-refractivity contribution in [2.45, 2.75) is 31.7 Å². The molecular weight excluding hydrogens is 214 g/mol. The fourth-order valence-corrected chi connectivity index (χ4v) is 2.33. The van der Waals surface area contributed by atoms with Gasteiger partial charge >= 0.3 is 0 Å². The smallest absolute Gasteiger partial charge is 0.284 e. The fraction of sp³-hybridized carbons (Fsp3) is 0.600. The van der Waals surface area contributed by atoms with E-state index in [4.69, 9.17) is 0 Å². The van der Waals surface area contributed by atoms with Gasteiger partial charge < -0.3 is 9.45 Å². The van der Waals surface area contributed by atoms with E-state index in [9.17, 15) is 14.1 Å². The van der Waals surface area contributed by atoms with E-state index in [2.05, 4.69) is 0 Å². The molecule has 0 spiro atoms. The second-order valence-corrected chi connectivity index (χ2v) is 5.35. The first-order chi connectivity index (χ1) is 6.91. The molecule has 0 radical (unpaired) electrons. The van der Waals surface area contributed by atoms with Crippen LogP contribution in [0, 0.1) is 0 Å². The Labute approximate surface area is 91.8 Å². The summed E-state index contributed by atoms with van der Waals surface area (Å²) in [7, 11) is 1.73. The molecule has 0 fully saturated rings. The Kier molecular flexibility index (Phi) is 3.57. The third-order valence-electron chi connectivity index (χ3n) is 2.46. The average Bonchev–Trinajstić information content (AvgIpc) is 2.22. The molecule has 1 atom stereocenters. The normalized spacial score (nSPS) is 13.5. The van der Waals surface area contributed by atoms with Crippen LogP contribution in [-0.4, -0.2) is 23.4 Å². The van der Waals surface area contributed by atoms with Crippen molar-refractivity contribution in [3.63, 3.8) is 0 Å². The van der Waals surface area contributed by atoms with E-state index in [0.717, 1.165) is 0 Å². The molecular formula is C10H15NO3S. The highest BCUT2D eigenvalue weighted by molar-refractivity contribution is 7.91. The van der Waals surface area contributed by atoms with E-state index >= 15 is 0 Å². The number of hydrogen-bond acceptors (Lipinski definition) is 4. The highest BCUT2D eigenvalue weighted by Crippen LogP contribution is 2.21. The molecule has 1 aromatic rings. The molecule has 0 aromatic heterocycles. The summed E-state index contributed by atoms with van der Waals surface area (Å²) in [6, 6.07) is 0.112. The van der Waals surface area contributed by atoms with Crippen molar-refractivity contribution in [1.82, 2.24) is 0 Å². The Morgan fingerprint density at radius 2 is 1.87 bits per heavy atom. The Hall–Kier alpha value is -0.810. The molecule has 0 heterocycles. The lowest BCUT2D eigenvalue weighted by atomic mass is 10.2. The molecule has 1 aromatic carbocycles. The van der Waals surface area contributed by atoms with Gasteiger partial charge in [-0.05, 0) is 31.9 Å². The maximum absolute atomic E-state index is 11.5. The molecule has 1 rings (SSSR count). The van der Waals surface area contributed by atoms with Crippen molar-refractivity contribution in [2.24, 2.45) is 0 Å². The maximum Gasteiger partial charge on any atom is 0.284 e. The van der Waals surface area contributed by atoms with Crippen molar-refractivity contribution in [3.8, 4) is 0 Å². The molecule has 0 saturated carbocycles. The van der Waals surface area contributed by atoms with Gasteiger partial charge in [0, 0.05) is 13.1 Å². The predicted molar refractivity (Wildman–Crippen MR) is 61.8 cm³/mol. The minimum atomic E-state index is -1.34. The fourth-order valence-electron chi connectivity index (χ4n) is 1.29. The van der Waals surface area contributed by atoms with Crippen molar-refractivity contribution in [1.29, 1.82) is 0 Å². The Morgan fingerprint density at radius 1 is 1.33 bits per heavy atom. The number of nitrogens with zero attached hydrogens (tertiary/aromatic N) is 1. The van der Waals surface area contributed by atoms with Gasteiger partial charge in [0.2, 0.25) is 4.90 Å². The van der Waals surface area contributed by atoms with Gasteiger partial charge in [-0.1, -0.05) is 0 Å². The Bertz CT molecular complexity index is 420. The van der Waals surface area contributed by atoms with Gasteiger partial charge in [-0.2, -0.15) is 0 Å². The van der Waals surface area contributed by atoms with E-state index in [1.165, 1.54) is 0 Å². The monoisotopic (exact) mass is 229 g/mol. The van der Waals surface area contributed by atoms with E-state index < -0.39 is 22.0 Å². The lowest BCUT2D eigenvalue weighted by molar-refractivity contribution is 0.593. The van der Waals surface area contributed by atoms with Gasteiger partial charge in [-0.3, -0.25) is 9.59 Å². The van der Waals surface area contributed by atoms with Crippen LogP contribution < -0.4 is 15.8 Å². The number of hydrogen-bond donors (Lipinski definition) is 0. The van der Waals surface area contributed by atoms with Gasteiger partial charge in [0.25, 0.3) is 10.9 Å². The van der Waals surface area contributed by atoms with Gasteiger partial charge in [0.15, 0.2) is 0 Å². The topological polar surface area (TPSA) is 60.4 Å². The van der Waals surface area contributed by atoms with E-state index in [-0.39, 0.29) is 10.9 Å². The van der Waals surface area contributed by atoms with Gasteiger partial charge in [0.1, 0.15) is 11.4 Å². The lowest BCUT2D eigenvalue weighted by Gasteiger charge is -2.26. The van der Waals surface area contributed by atoms with E-state index in [0.29, 0.717) is 11.4 Å². The lowest BCUT2D eigenvalue weighted by Crippen LogP contribution is -2.45. The average molecular weight is 229 g/mol. The third-order valence-corrected chi connectivity index (χ3v) is 3.82. The van der Waals surface area contributed by atoms with Gasteiger partial charge in [0.05, 0.1) is 0 Å². The summed E-state index contributed by atoms with van der Waals surface area (Å²) < 4.78 is 11.5. The van der Waals surface area contributed by atoms with Crippen LogP contribution in [0.4, 0.5) is 5.69 Å². The van der Waals surface area contributed by atoms with E-state index in [1.54, 1.807) is 18.9 Å². The SMILES string of the molecule is CC[S+]([O-])c1c(N(C)C(C)C)c(=O)c1=O. The largest absolute Gasteiger partial charge is 0.611 e. The summed E-state index contributed by atoms with van der Waals surface area (Å²) in [5, 5.41) is 0. The van der Waals surface area contributed by atoms with Crippen LogP contribution in [0.2, 0.25) is 0 Å². The minimum Gasteiger partial charge on any atom is -0.611 e. The molecule has 1 unspecified atom stereocenters. The van der Waals surface area contributed by atoms with E-state index in [1.807, 2.05) is 13.8 Å². The number of anilines is 1. The summed E-state index contributed by atoms with van der Waals surface area (Å²) in [6.45, 7) is 5.55. The summed E-state index contributed by atoms with van der Waals surface area (Å²) in [4.78, 5) is 24.5. The molecule has 0 aliphatic heterocycles. The standard InChI is InChI=1S/C10H15NO3S/c1-5-15(14)10-7(8(12)9(10)13)11(4)6(2)3/h6H,5H2,1-4H3. The van der Waals surface area contributed by atoms with Crippen LogP contribution in [0.25, 0.3) is 0 Å². The minimum absolute atomic E-state index is 0.112. The summed E-state index contributed by atoms with van der Waals surface area (Å²) in [5.41, 5.74) is -0.768. The Morgan fingerprint density at radius 3 is 2.27 bits per heavy atom. The second kappa shape index (κ2) is 4.37. The van der Waals surface area contributed by atoms with Crippen LogP contribution in [0.1, 0.15) is 20.8 Å². The van der Waals surface area contributed by atoms with Gasteiger partial charge in [-0.15, -0.1) is 0 Å². The van der Waals surface area contributed by atoms with Crippen LogP contribution in [0.15, 0.2) is 14.5 Å². The zero-order chi connectivity index (χ0) is 11.7. The molecule has 15 heavy (non-hydrogen) atoms. The first-order valence-electron chi connectivity index (χ1n) is 4.86. The molecule has 0 amide bonds. The predicted octanol–water partition coefficient (Wildman–Crippen LogP) is 0.255. The van der Waals surface area contributed by atoms with Crippen molar-refractivity contribution >= 4 is 16.9 Å². The van der Waals surface area contributed by atoms with Crippen LogP contribution in [0.5, 0.6) is 0 Å². The second-order valence-electron chi connectivity index (χ2n) is 3.67. The van der Waals surface area contributed by atoms with Crippen LogP contribution in [-0.2, 0) is 11.2 Å². The molecule has 5 heteroatoms. The molecule has 0 aliphatic rings. The molecule has 4 nitrogen and oxygen atoms in total. The summed E-state index contributed by atoms with van der Waals surface area (Å²) >= 11 is -1.34. The summed E-state index contributed by atoms with van der Waals surface area (Å²) in [5.74, 6) is 0.365. The van der Waals surface area contributed by atoms with Crippen molar-refractivity contribution in [2.75, 3.05) is 17.7 Å². The first-order valence-corrected chi connectivity index (χ1v) is 6.18. The van der Waals surface area contributed by atoms with Crippen LogP contribution >= 0.6 is 0 Å². The molecule has 0 N–H and O–H groups in total. The third kappa shape index (κ3) is 1.94. The maximum atomic E-state index is 11.5. The van der Waals surface area contributed by atoms with Crippen molar-refractivity contribution < 1.29 is 4.55 Å². The highest BCUT2D eigenvalue weighted by Gasteiger charge is 2.33.